The van der Waals surface area contributed by atoms with Gasteiger partial charge in [-0.15, -0.1) is 0 Å². The van der Waals surface area contributed by atoms with Gasteiger partial charge in [0.2, 0.25) is 0 Å². The molecule has 0 saturated carbocycles. The molecular formula is C30H38N2O. The molecule has 3 aromatic carbocycles. The molecule has 3 aromatic rings. The first-order chi connectivity index (χ1) is 16.2. The first kappa shape index (κ1) is 23.7. The predicted molar refractivity (Wildman–Crippen MR) is 138 cm³/mol. The minimum absolute atomic E-state index is 0.00882. The number of hydrogen-bond donors (Lipinski definition) is 0. The minimum Gasteiger partial charge on any atom is -0.367 e. The van der Waals surface area contributed by atoms with Crippen molar-refractivity contribution in [2.75, 3.05) is 45.9 Å². The number of hydrogen-bond acceptors (Lipinski definition) is 3. The number of aryl methyl sites for hydroxylation is 3. The van der Waals surface area contributed by atoms with E-state index in [0.29, 0.717) is 0 Å². The number of ether oxygens (including phenoxy) is 1. The Morgan fingerprint density at radius 2 is 1.18 bits per heavy atom. The van der Waals surface area contributed by atoms with Gasteiger partial charge in [0.1, 0.15) is 6.10 Å². The van der Waals surface area contributed by atoms with Crippen LogP contribution in [0.2, 0.25) is 0 Å². The third kappa shape index (κ3) is 7.26. The first-order valence-corrected chi connectivity index (χ1v) is 12.4. The molecular weight excluding hydrogens is 404 g/mol. The smallest absolute Gasteiger partial charge is 0.108 e. The lowest BCUT2D eigenvalue weighted by atomic mass is 9.99. The molecule has 174 valence electrons. The molecule has 3 heteroatoms. The molecule has 1 saturated heterocycles. The summed E-state index contributed by atoms with van der Waals surface area (Å²) in [6.07, 6.45) is 2.40. The summed E-state index contributed by atoms with van der Waals surface area (Å²) in [4.78, 5) is 5.16. The molecule has 0 radical (unpaired) electrons. The maximum atomic E-state index is 6.48. The molecule has 1 heterocycles. The third-order valence-corrected chi connectivity index (χ3v) is 6.70. The van der Waals surface area contributed by atoms with Gasteiger partial charge in [0, 0.05) is 32.7 Å². The van der Waals surface area contributed by atoms with E-state index >= 15 is 0 Å². The van der Waals surface area contributed by atoms with E-state index in [-0.39, 0.29) is 6.10 Å². The minimum atomic E-state index is -0.00882. The summed E-state index contributed by atoms with van der Waals surface area (Å²) < 4.78 is 6.48. The molecule has 1 aliphatic heterocycles. The standard InChI is InChI=1S/C30H38N2O/c1-25-10-14-28(15-11-25)30(29-16-12-26(2)13-17-29)33-24-23-32-21-19-31(20-22-32)18-6-9-27-7-4-3-5-8-27/h3-5,7-8,10-17,30H,6,9,18-24H2,1-2H3. The Hall–Kier alpha value is -2.46. The maximum Gasteiger partial charge on any atom is 0.108 e. The van der Waals surface area contributed by atoms with E-state index in [0.717, 1.165) is 39.3 Å². The lowest BCUT2D eigenvalue weighted by Crippen LogP contribution is -2.47. The van der Waals surface area contributed by atoms with E-state index in [1.807, 2.05) is 0 Å². The van der Waals surface area contributed by atoms with Gasteiger partial charge < -0.3 is 9.64 Å². The summed E-state index contributed by atoms with van der Waals surface area (Å²) in [7, 11) is 0. The van der Waals surface area contributed by atoms with E-state index in [4.69, 9.17) is 4.74 Å². The Bertz CT molecular complexity index is 899. The normalized spacial score (nSPS) is 15.2. The van der Waals surface area contributed by atoms with Crippen LogP contribution in [-0.4, -0.2) is 55.7 Å². The second-order valence-electron chi connectivity index (χ2n) is 9.34. The molecule has 0 spiro atoms. The van der Waals surface area contributed by atoms with E-state index < -0.39 is 0 Å². The lowest BCUT2D eigenvalue weighted by molar-refractivity contribution is 0.0451. The monoisotopic (exact) mass is 442 g/mol. The number of piperazine rings is 1. The number of benzene rings is 3. The molecule has 0 aliphatic carbocycles. The largest absolute Gasteiger partial charge is 0.367 e. The summed E-state index contributed by atoms with van der Waals surface area (Å²) in [6.45, 7) is 11.8. The van der Waals surface area contributed by atoms with Gasteiger partial charge in [-0.2, -0.15) is 0 Å². The van der Waals surface area contributed by atoms with E-state index in [1.165, 1.54) is 47.2 Å². The van der Waals surface area contributed by atoms with Crippen LogP contribution >= 0.6 is 0 Å². The van der Waals surface area contributed by atoms with Gasteiger partial charge in [-0.05, 0) is 49.9 Å². The third-order valence-electron chi connectivity index (χ3n) is 6.70. The highest BCUT2D eigenvalue weighted by Gasteiger charge is 2.18. The Balaban J connectivity index is 1.22. The van der Waals surface area contributed by atoms with Crippen LogP contribution in [0.1, 0.15) is 40.3 Å². The summed E-state index contributed by atoms with van der Waals surface area (Å²) in [6, 6.07) is 28.4. The zero-order chi connectivity index (χ0) is 22.9. The van der Waals surface area contributed by atoms with Gasteiger partial charge in [0.25, 0.3) is 0 Å². The fourth-order valence-electron chi connectivity index (χ4n) is 4.56. The molecule has 0 amide bonds. The fraction of sp³-hybridized carbons (Fsp3) is 0.400. The summed E-state index contributed by atoms with van der Waals surface area (Å²) in [5.74, 6) is 0. The molecule has 33 heavy (non-hydrogen) atoms. The molecule has 0 bridgehead atoms. The fourth-order valence-corrected chi connectivity index (χ4v) is 4.56. The summed E-state index contributed by atoms with van der Waals surface area (Å²) in [5.41, 5.74) is 6.47. The van der Waals surface area contributed by atoms with Crippen LogP contribution in [-0.2, 0) is 11.2 Å². The van der Waals surface area contributed by atoms with Crippen LogP contribution in [0.5, 0.6) is 0 Å². The van der Waals surface area contributed by atoms with Crippen LogP contribution in [0.3, 0.4) is 0 Å². The van der Waals surface area contributed by atoms with Gasteiger partial charge in [-0.1, -0.05) is 90.0 Å². The van der Waals surface area contributed by atoms with Crippen molar-refractivity contribution in [3.05, 3.63) is 107 Å². The van der Waals surface area contributed by atoms with Crippen LogP contribution in [0.15, 0.2) is 78.9 Å². The molecule has 0 unspecified atom stereocenters. The average Bonchev–Trinajstić information content (AvgIpc) is 2.85. The SMILES string of the molecule is Cc1ccc(C(OCCN2CCN(CCCc3ccccc3)CC2)c2ccc(C)cc2)cc1. The van der Waals surface area contributed by atoms with Crippen molar-refractivity contribution in [3.63, 3.8) is 0 Å². The highest BCUT2D eigenvalue weighted by atomic mass is 16.5. The highest BCUT2D eigenvalue weighted by molar-refractivity contribution is 5.33. The van der Waals surface area contributed by atoms with Crippen LogP contribution in [0.4, 0.5) is 0 Å². The molecule has 0 aromatic heterocycles. The van der Waals surface area contributed by atoms with Crippen molar-refractivity contribution in [2.24, 2.45) is 0 Å². The Morgan fingerprint density at radius 3 is 1.73 bits per heavy atom. The predicted octanol–water partition coefficient (Wildman–Crippen LogP) is 5.66. The average molecular weight is 443 g/mol. The summed E-state index contributed by atoms with van der Waals surface area (Å²) in [5, 5.41) is 0. The highest BCUT2D eigenvalue weighted by Crippen LogP contribution is 2.26. The van der Waals surface area contributed by atoms with Gasteiger partial charge >= 0.3 is 0 Å². The molecule has 4 rings (SSSR count). The van der Waals surface area contributed by atoms with Crippen molar-refractivity contribution in [1.29, 1.82) is 0 Å². The van der Waals surface area contributed by atoms with Crippen LogP contribution in [0.25, 0.3) is 0 Å². The molecule has 1 aliphatic rings. The quantitative estimate of drug-likeness (QED) is 0.403. The van der Waals surface area contributed by atoms with Crippen molar-refractivity contribution >= 4 is 0 Å². The molecule has 1 fully saturated rings. The topological polar surface area (TPSA) is 15.7 Å². The van der Waals surface area contributed by atoms with Crippen molar-refractivity contribution in [3.8, 4) is 0 Å². The first-order valence-electron chi connectivity index (χ1n) is 12.4. The van der Waals surface area contributed by atoms with Crippen LogP contribution < -0.4 is 0 Å². The Labute approximate surface area is 200 Å². The number of nitrogens with zero attached hydrogens (tertiary/aromatic N) is 2. The molecule has 0 atom stereocenters. The van der Waals surface area contributed by atoms with Gasteiger partial charge in [-0.25, -0.2) is 0 Å². The lowest BCUT2D eigenvalue weighted by Gasteiger charge is -2.35. The summed E-state index contributed by atoms with van der Waals surface area (Å²) >= 11 is 0. The van der Waals surface area contributed by atoms with Gasteiger partial charge in [0.05, 0.1) is 6.61 Å². The number of rotatable bonds is 10. The van der Waals surface area contributed by atoms with E-state index in [9.17, 15) is 0 Å². The van der Waals surface area contributed by atoms with Crippen LogP contribution in [0, 0.1) is 13.8 Å². The second kappa shape index (κ2) is 12.1. The zero-order valence-electron chi connectivity index (χ0n) is 20.2. The zero-order valence-corrected chi connectivity index (χ0v) is 20.2. The maximum absolute atomic E-state index is 6.48. The molecule has 3 nitrogen and oxygen atoms in total. The van der Waals surface area contributed by atoms with Crippen molar-refractivity contribution < 1.29 is 4.74 Å². The van der Waals surface area contributed by atoms with Crippen molar-refractivity contribution in [2.45, 2.75) is 32.8 Å². The van der Waals surface area contributed by atoms with E-state index in [2.05, 4.69) is 103 Å². The Kier molecular flexibility index (Phi) is 8.71. The second-order valence-corrected chi connectivity index (χ2v) is 9.34. The van der Waals surface area contributed by atoms with E-state index in [1.54, 1.807) is 0 Å². The Morgan fingerprint density at radius 1 is 0.667 bits per heavy atom. The van der Waals surface area contributed by atoms with Gasteiger partial charge in [0.15, 0.2) is 0 Å². The molecule has 0 N–H and O–H groups in total. The van der Waals surface area contributed by atoms with Crippen molar-refractivity contribution in [1.82, 2.24) is 9.80 Å². The van der Waals surface area contributed by atoms with Gasteiger partial charge in [-0.3, -0.25) is 4.90 Å².